The number of carbonyl (C=O) groups is 1. The van der Waals surface area contributed by atoms with Gasteiger partial charge in [-0.15, -0.1) is 0 Å². The lowest BCUT2D eigenvalue weighted by Crippen LogP contribution is -2.26. The second kappa shape index (κ2) is 7.65. The number of carbonyl (C=O) groups excluding carboxylic acids is 1. The van der Waals surface area contributed by atoms with E-state index in [1.807, 2.05) is 18.2 Å². The molecule has 24 heavy (non-hydrogen) atoms. The zero-order valence-electron chi connectivity index (χ0n) is 13.4. The predicted octanol–water partition coefficient (Wildman–Crippen LogP) is 2.32. The molecule has 3 rings (SSSR count). The van der Waals surface area contributed by atoms with Crippen molar-refractivity contribution >= 4 is 17.3 Å². The minimum Gasteiger partial charge on any atom is -0.454 e. The Balaban J connectivity index is 1.63. The van der Waals surface area contributed by atoms with E-state index < -0.39 is 0 Å². The van der Waals surface area contributed by atoms with Gasteiger partial charge < -0.3 is 24.8 Å². The number of aromatic nitrogens is 1. The number of amides is 1. The number of hydrogen-bond acceptors (Lipinski definition) is 6. The molecule has 1 aliphatic heterocycles. The fraction of sp³-hybridized carbons (Fsp3) is 0.294. The topological polar surface area (TPSA) is 81.7 Å². The van der Waals surface area contributed by atoms with Crippen molar-refractivity contribution in [1.29, 1.82) is 0 Å². The van der Waals surface area contributed by atoms with Crippen LogP contribution in [0.25, 0.3) is 0 Å². The molecule has 0 atom stereocenters. The second-order valence-electron chi connectivity index (χ2n) is 5.23. The van der Waals surface area contributed by atoms with E-state index in [1.54, 1.807) is 25.4 Å². The van der Waals surface area contributed by atoms with Gasteiger partial charge in [0.2, 0.25) is 6.79 Å². The molecule has 0 aliphatic carbocycles. The van der Waals surface area contributed by atoms with Gasteiger partial charge in [-0.25, -0.2) is 0 Å². The van der Waals surface area contributed by atoms with Crippen LogP contribution < -0.4 is 20.1 Å². The summed E-state index contributed by atoms with van der Waals surface area (Å²) in [4.78, 5) is 16.2. The molecule has 7 heteroatoms. The largest absolute Gasteiger partial charge is 0.454 e. The summed E-state index contributed by atoms with van der Waals surface area (Å²) >= 11 is 0. The number of anilines is 2. The van der Waals surface area contributed by atoms with E-state index in [2.05, 4.69) is 15.6 Å². The summed E-state index contributed by atoms with van der Waals surface area (Å²) in [5, 5.41) is 6.04. The van der Waals surface area contributed by atoms with Crippen molar-refractivity contribution in [2.75, 3.05) is 32.4 Å². The van der Waals surface area contributed by atoms with Gasteiger partial charge in [-0.05, 0) is 30.7 Å². The Morgan fingerprint density at radius 2 is 2.04 bits per heavy atom. The smallest absolute Gasteiger partial charge is 0.269 e. The van der Waals surface area contributed by atoms with Crippen LogP contribution in [0, 0.1) is 0 Å². The van der Waals surface area contributed by atoms with Crippen LogP contribution in [0.15, 0.2) is 36.5 Å². The predicted molar refractivity (Wildman–Crippen MR) is 88.9 cm³/mol. The van der Waals surface area contributed by atoms with Gasteiger partial charge in [0.25, 0.3) is 5.91 Å². The minimum absolute atomic E-state index is 0.208. The lowest BCUT2D eigenvalue weighted by molar-refractivity contribution is 0.0943. The summed E-state index contributed by atoms with van der Waals surface area (Å²) in [5.74, 6) is 1.22. The number of nitrogens with zero attached hydrogens (tertiary/aromatic N) is 1. The van der Waals surface area contributed by atoms with E-state index >= 15 is 0 Å². The van der Waals surface area contributed by atoms with E-state index in [-0.39, 0.29) is 12.7 Å². The molecule has 1 aliphatic rings. The third-order valence-corrected chi connectivity index (χ3v) is 3.46. The maximum absolute atomic E-state index is 12.1. The first-order chi connectivity index (χ1) is 11.8. The third-order valence-electron chi connectivity index (χ3n) is 3.46. The third kappa shape index (κ3) is 3.94. The summed E-state index contributed by atoms with van der Waals surface area (Å²) < 4.78 is 15.6. The molecule has 0 unspecified atom stereocenters. The van der Waals surface area contributed by atoms with Crippen LogP contribution in [0.4, 0.5) is 11.4 Å². The fourth-order valence-electron chi connectivity index (χ4n) is 2.28. The summed E-state index contributed by atoms with van der Waals surface area (Å²) in [5.41, 5.74) is 1.97. The van der Waals surface area contributed by atoms with Crippen molar-refractivity contribution in [3.8, 4) is 11.5 Å². The van der Waals surface area contributed by atoms with E-state index in [1.165, 1.54) is 0 Å². The van der Waals surface area contributed by atoms with Crippen LogP contribution in [-0.4, -0.2) is 37.9 Å². The van der Waals surface area contributed by atoms with Crippen LogP contribution in [0.2, 0.25) is 0 Å². The van der Waals surface area contributed by atoms with E-state index in [0.29, 0.717) is 24.6 Å². The first-order valence-corrected chi connectivity index (χ1v) is 7.66. The normalized spacial score (nSPS) is 12.0. The number of methoxy groups -OCH3 is 1. The molecule has 0 bridgehead atoms. The summed E-state index contributed by atoms with van der Waals surface area (Å²) in [6.45, 7) is 1.40. The molecule has 2 heterocycles. The molecule has 126 valence electrons. The molecular weight excluding hydrogens is 310 g/mol. The first kappa shape index (κ1) is 16.1. The Morgan fingerprint density at radius 1 is 1.21 bits per heavy atom. The highest BCUT2D eigenvalue weighted by Crippen LogP contribution is 2.35. The molecule has 0 radical (unpaired) electrons. The van der Waals surface area contributed by atoms with Crippen molar-refractivity contribution < 1.29 is 19.0 Å². The molecule has 1 aromatic heterocycles. The minimum atomic E-state index is -0.208. The number of hydrogen-bond donors (Lipinski definition) is 2. The molecule has 2 N–H and O–H groups in total. The molecule has 2 aromatic rings. The Bertz CT molecular complexity index is 721. The van der Waals surface area contributed by atoms with Gasteiger partial charge in [0.1, 0.15) is 5.69 Å². The highest BCUT2D eigenvalue weighted by Gasteiger charge is 2.13. The molecule has 0 saturated heterocycles. The van der Waals surface area contributed by atoms with Gasteiger partial charge in [0.05, 0.1) is 0 Å². The van der Waals surface area contributed by atoms with E-state index in [9.17, 15) is 4.79 Å². The van der Waals surface area contributed by atoms with Gasteiger partial charge >= 0.3 is 0 Å². The molecule has 0 spiro atoms. The molecular formula is C17H19N3O4. The summed E-state index contributed by atoms with van der Waals surface area (Å²) in [6, 6.07) is 9.09. The number of ether oxygens (including phenoxy) is 3. The molecule has 1 aromatic carbocycles. The van der Waals surface area contributed by atoms with Crippen LogP contribution in [0.3, 0.4) is 0 Å². The Hall–Kier alpha value is -2.80. The summed E-state index contributed by atoms with van der Waals surface area (Å²) in [6.07, 6.45) is 2.36. The van der Waals surface area contributed by atoms with Crippen molar-refractivity contribution in [2.45, 2.75) is 6.42 Å². The SMILES string of the molecule is COCCCNC(=O)c1cc(Nc2ccc3c(c2)OCO3)ccn1. The summed E-state index contributed by atoms with van der Waals surface area (Å²) in [7, 11) is 1.63. The lowest BCUT2D eigenvalue weighted by atomic mass is 10.2. The van der Waals surface area contributed by atoms with Crippen molar-refractivity contribution in [1.82, 2.24) is 10.3 Å². The van der Waals surface area contributed by atoms with Crippen LogP contribution >= 0.6 is 0 Å². The van der Waals surface area contributed by atoms with Gasteiger partial charge in [-0.1, -0.05) is 0 Å². The standard InChI is InChI=1S/C17H19N3O4/c1-22-8-2-6-19-17(21)14-9-13(5-7-18-14)20-12-3-4-15-16(10-12)24-11-23-15/h3-5,7,9-10H,2,6,8,11H2,1H3,(H,18,20)(H,19,21). The van der Waals surface area contributed by atoms with Crippen molar-refractivity contribution in [3.05, 3.63) is 42.2 Å². The number of nitrogens with one attached hydrogen (secondary N) is 2. The van der Waals surface area contributed by atoms with Crippen LogP contribution in [0.5, 0.6) is 11.5 Å². The van der Waals surface area contributed by atoms with Crippen molar-refractivity contribution in [3.63, 3.8) is 0 Å². The Morgan fingerprint density at radius 3 is 2.92 bits per heavy atom. The first-order valence-electron chi connectivity index (χ1n) is 7.66. The average molecular weight is 329 g/mol. The van der Waals surface area contributed by atoms with E-state index in [4.69, 9.17) is 14.2 Å². The lowest BCUT2D eigenvalue weighted by Gasteiger charge is -2.09. The van der Waals surface area contributed by atoms with Gasteiger partial charge in [0, 0.05) is 43.9 Å². The highest BCUT2D eigenvalue weighted by atomic mass is 16.7. The Kier molecular flexibility index (Phi) is 5.12. The molecule has 0 fully saturated rings. The van der Waals surface area contributed by atoms with Crippen LogP contribution in [-0.2, 0) is 4.74 Å². The van der Waals surface area contributed by atoms with Gasteiger partial charge in [-0.3, -0.25) is 9.78 Å². The molecule has 7 nitrogen and oxygen atoms in total. The maximum Gasteiger partial charge on any atom is 0.269 e. The van der Waals surface area contributed by atoms with Gasteiger partial charge in [-0.2, -0.15) is 0 Å². The zero-order chi connectivity index (χ0) is 16.8. The van der Waals surface area contributed by atoms with Crippen molar-refractivity contribution in [2.24, 2.45) is 0 Å². The number of rotatable bonds is 7. The average Bonchev–Trinajstić information content (AvgIpc) is 3.06. The molecule has 1 amide bonds. The zero-order valence-corrected chi connectivity index (χ0v) is 13.4. The van der Waals surface area contributed by atoms with Crippen LogP contribution in [0.1, 0.15) is 16.9 Å². The van der Waals surface area contributed by atoms with E-state index in [0.717, 1.165) is 23.5 Å². The molecule has 0 saturated carbocycles. The maximum atomic E-state index is 12.1. The second-order valence-corrected chi connectivity index (χ2v) is 5.23. The number of pyridine rings is 1. The fourth-order valence-corrected chi connectivity index (χ4v) is 2.28. The quantitative estimate of drug-likeness (QED) is 0.759. The highest BCUT2D eigenvalue weighted by molar-refractivity contribution is 5.93. The monoisotopic (exact) mass is 329 g/mol. The van der Waals surface area contributed by atoms with Gasteiger partial charge in [0.15, 0.2) is 11.5 Å². The number of fused-ring (bicyclic) bond motifs is 1. The Labute approximate surface area is 139 Å². The number of benzene rings is 1.